The number of benzene rings is 1. The molecule has 0 spiro atoms. The molecular formula is C16H20FN3O2. The standard InChI is InChI=1S/C16H20FN3O2/c1-10-8-13(17)12(9-14(10)21-3)16-18-15(19-22-16)11-4-6-20(2)7-5-11/h8-9,11H,4-7H2,1-3H3. The fraction of sp³-hybridized carbons (Fsp3) is 0.500. The molecule has 0 radical (unpaired) electrons. The van der Waals surface area contributed by atoms with Gasteiger partial charge >= 0.3 is 0 Å². The average molecular weight is 305 g/mol. The monoisotopic (exact) mass is 305 g/mol. The number of halogens is 1. The first-order valence-corrected chi connectivity index (χ1v) is 7.45. The highest BCUT2D eigenvalue weighted by Gasteiger charge is 2.24. The molecule has 2 aromatic rings. The number of ether oxygens (including phenoxy) is 1. The minimum Gasteiger partial charge on any atom is -0.496 e. The van der Waals surface area contributed by atoms with Crippen LogP contribution in [0.3, 0.4) is 0 Å². The quantitative estimate of drug-likeness (QED) is 0.872. The van der Waals surface area contributed by atoms with Crippen molar-refractivity contribution in [3.05, 3.63) is 29.3 Å². The summed E-state index contributed by atoms with van der Waals surface area (Å²) in [6.45, 7) is 3.83. The van der Waals surface area contributed by atoms with Crippen LogP contribution in [0, 0.1) is 12.7 Å². The van der Waals surface area contributed by atoms with E-state index in [1.54, 1.807) is 20.1 Å². The largest absolute Gasteiger partial charge is 0.496 e. The van der Waals surface area contributed by atoms with Crippen molar-refractivity contribution >= 4 is 0 Å². The van der Waals surface area contributed by atoms with Gasteiger partial charge in [-0.15, -0.1) is 0 Å². The topological polar surface area (TPSA) is 51.4 Å². The smallest absolute Gasteiger partial charge is 0.261 e. The number of nitrogens with zero attached hydrogens (tertiary/aromatic N) is 3. The highest BCUT2D eigenvalue weighted by molar-refractivity contribution is 5.58. The van der Waals surface area contributed by atoms with Gasteiger partial charge in [-0.3, -0.25) is 0 Å². The van der Waals surface area contributed by atoms with E-state index in [4.69, 9.17) is 9.26 Å². The number of rotatable bonds is 3. The van der Waals surface area contributed by atoms with Crippen LogP contribution >= 0.6 is 0 Å². The van der Waals surface area contributed by atoms with Gasteiger partial charge in [0.15, 0.2) is 5.82 Å². The van der Waals surface area contributed by atoms with E-state index < -0.39 is 0 Å². The minimum atomic E-state index is -0.378. The molecule has 6 heteroatoms. The van der Waals surface area contributed by atoms with Crippen LogP contribution in [-0.2, 0) is 0 Å². The molecule has 2 heterocycles. The lowest BCUT2D eigenvalue weighted by Crippen LogP contribution is -2.29. The van der Waals surface area contributed by atoms with Crippen molar-refractivity contribution in [1.29, 1.82) is 0 Å². The van der Waals surface area contributed by atoms with Crippen molar-refractivity contribution in [3.8, 4) is 17.2 Å². The summed E-state index contributed by atoms with van der Waals surface area (Å²) in [5.74, 6) is 1.39. The summed E-state index contributed by atoms with van der Waals surface area (Å²) >= 11 is 0. The summed E-state index contributed by atoms with van der Waals surface area (Å²) in [6.07, 6.45) is 1.99. The third-order valence-electron chi connectivity index (χ3n) is 4.24. The van der Waals surface area contributed by atoms with E-state index in [1.807, 2.05) is 0 Å². The Bertz CT molecular complexity index is 663. The molecule has 1 saturated heterocycles. The molecular weight excluding hydrogens is 285 g/mol. The van der Waals surface area contributed by atoms with Crippen molar-refractivity contribution in [3.63, 3.8) is 0 Å². The maximum Gasteiger partial charge on any atom is 0.261 e. The highest BCUT2D eigenvalue weighted by atomic mass is 19.1. The van der Waals surface area contributed by atoms with E-state index in [-0.39, 0.29) is 23.2 Å². The van der Waals surface area contributed by atoms with Gasteiger partial charge in [-0.05, 0) is 57.6 Å². The number of hydrogen-bond acceptors (Lipinski definition) is 5. The van der Waals surface area contributed by atoms with Gasteiger partial charge in [0, 0.05) is 5.92 Å². The number of hydrogen-bond donors (Lipinski definition) is 0. The first-order chi connectivity index (χ1) is 10.6. The van der Waals surface area contributed by atoms with Crippen LogP contribution in [0.25, 0.3) is 11.5 Å². The van der Waals surface area contributed by atoms with Crippen molar-refractivity contribution in [2.24, 2.45) is 0 Å². The predicted molar refractivity (Wildman–Crippen MR) is 80.5 cm³/mol. The second kappa shape index (κ2) is 6.04. The van der Waals surface area contributed by atoms with E-state index in [0.717, 1.165) is 31.5 Å². The Balaban J connectivity index is 1.87. The van der Waals surface area contributed by atoms with E-state index in [2.05, 4.69) is 22.1 Å². The summed E-state index contributed by atoms with van der Waals surface area (Å²) in [5, 5.41) is 4.05. The zero-order valence-electron chi connectivity index (χ0n) is 13.1. The number of aromatic nitrogens is 2. The van der Waals surface area contributed by atoms with E-state index >= 15 is 0 Å². The van der Waals surface area contributed by atoms with E-state index in [9.17, 15) is 4.39 Å². The fourth-order valence-corrected chi connectivity index (χ4v) is 2.81. The van der Waals surface area contributed by atoms with Gasteiger partial charge in [-0.1, -0.05) is 5.16 Å². The molecule has 0 bridgehead atoms. The van der Waals surface area contributed by atoms with Crippen molar-refractivity contribution in [2.45, 2.75) is 25.7 Å². The predicted octanol–water partition coefficient (Wildman–Crippen LogP) is 3.00. The van der Waals surface area contributed by atoms with Crippen molar-refractivity contribution in [1.82, 2.24) is 15.0 Å². The summed E-state index contributed by atoms with van der Waals surface area (Å²) in [5.41, 5.74) is 1.02. The van der Waals surface area contributed by atoms with Crippen LogP contribution in [0.2, 0.25) is 0 Å². The molecule has 1 aromatic heterocycles. The maximum atomic E-state index is 14.2. The summed E-state index contributed by atoms with van der Waals surface area (Å²) < 4.78 is 24.7. The van der Waals surface area contributed by atoms with Crippen LogP contribution in [-0.4, -0.2) is 42.3 Å². The summed E-state index contributed by atoms with van der Waals surface area (Å²) in [6, 6.07) is 3.03. The van der Waals surface area contributed by atoms with Crippen molar-refractivity contribution in [2.75, 3.05) is 27.2 Å². The molecule has 22 heavy (non-hydrogen) atoms. The third kappa shape index (κ3) is 2.83. The Morgan fingerprint density at radius 3 is 2.73 bits per heavy atom. The Morgan fingerprint density at radius 2 is 2.05 bits per heavy atom. The first kappa shape index (κ1) is 15.0. The zero-order valence-corrected chi connectivity index (χ0v) is 13.1. The van der Waals surface area contributed by atoms with Gasteiger partial charge in [-0.25, -0.2) is 4.39 Å². The molecule has 0 aliphatic carbocycles. The first-order valence-electron chi connectivity index (χ1n) is 7.45. The zero-order chi connectivity index (χ0) is 15.7. The normalized spacial score (nSPS) is 16.9. The Morgan fingerprint density at radius 1 is 1.32 bits per heavy atom. The van der Waals surface area contributed by atoms with Gasteiger partial charge in [-0.2, -0.15) is 4.98 Å². The Labute approximate surface area is 129 Å². The lowest BCUT2D eigenvalue weighted by atomic mass is 9.96. The van der Waals surface area contributed by atoms with Gasteiger partial charge in [0.25, 0.3) is 5.89 Å². The van der Waals surface area contributed by atoms with Gasteiger partial charge in [0.2, 0.25) is 0 Å². The van der Waals surface area contributed by atoms with Crippen LogP contribution in [0.15, 0.2) is 16.7 Å². The molecule has 1 fully saturated rings. The second-order valence-electron chi connectivity index (χ2n) is 5.84. The van der Waals surface area contributed by atoms with E-state index in [0.29, 0.717) is 11.6 Å². The Kier molecular flexibility index (Phi) is 4.11. The molecule has 0 saturated carbocycles. The number of likely N-dealkylation sites (tertiary alicyclic amines) is 1. The van der Waals surface area contributed by atoms with Crippen LogP contribution in [0.1, 0.15) is 30.1 Å². The third-order valence-corrected chi connectivity index (χ3v) is 4.24. The fourth-order valence-electron chi connectivity index (χ4n) is 2.81. The molecule has 0 N–H and O–H groups in total. The lowest BCUT2D eigenvalue weighted by Gasteiger charge is -2.26. The molecule has 1 aromatic carbocycles. The van der Waals surface area contributed by atoms with Gasteiger partial charge in [0.1, 0.15) is 11.6 Å². The highest BCUT2D eigenvalue weighted by Crippen LogP contribution is 2.31. The van der Waals surface area contributed by atoms with Gasteiger partial charge < -0.3 is 14.2 Å². The van der Waals surface area contributed by atoms with Crippen LogP contribution in [0.4, 0.5) is 4.39 Å². The number of methoxy groups -OCH3 is 1. The lowest BCUT2D eigenvalue weighted by molar-refractivity contribution is 0.248. The van der Waals surface area contributed by atoms with Crippen LogP contribution < -0.4 is 4.74 Å². The Hall–Kier alpha value is -1.95. The van der Waals surface area contributed by atoms with Gasteiger partial charge in [0.05, 0.1) is 12.7 Å². The van der Waals surface area contributed by atoms with Crippen molar-refractivity contribution < 1.29 is 13.7 Å². The molecule has 0 amide bonds. The molecule has 1 aliphatic heterocycles. The van der Waals surface area contributed by atoms with Crippen LogP contribution in [0.5, 0.6) is 5.75 Å². The minimum absolute atomic E-state index is 0.213. The average Bonchev–Trinajstić information content (AvgIpc) is 2.98. The molecule has 1 aliphatic rings. The summed E-state index contributed by atoms with van der Waals surface area (Å²) in [7, 11) is 3.66. The molecule has 0 unspecified atom stereocenters. The molecule has 3 rings (SSSR count). The maximum absolute atomic E-state index is 14.2. The number of piperidine rings is 1. The number of aryl methyl sites for hydroxylation is 1. The second-order valence-corrected chi connectivity index (χ2v) is 5.84. The van der Waals surface area contributed by atoms with E-state index in [1.165, 1.54) is 6.07 Å². The molecule has 0 atom stereocenters. The summed E-state index contributed by atoms with van der Waals surface area (Å²) in [4.78, 5) is 6.68. The molecule has 118 valence electrons. The molecule has 5 nitrogen and oxygen atoms in total. The SMILES string of the molecule is COc1cc(-c2nc(C3CCN(C)CC3)no2)c(F)cc1C.